The molecule has 1 heterocycles. The molecule has 0 aliphatic heterocycles. The number of allylic oxidation sites excluding steroid dienone is 1. The van der Waals surface area contributed by atoms with Crippen molar-refractivity contribution in [1.82, 2.24) is 9.88 Å². The number of anilines is 1. The lowest BCUT2D eigenvalue weighted by molar-refractivity contribution is -0.124. The summed E-state index contributed by atoms with van der Waals surface area (Å²) in [5.41, 5.74) is 6.98. The van der Waals surface area contributed by atoms with Crippen molar-refractivity contribution in [3.05, 3.63) is 70.4 Å². The molecule has 0 unspecified atom stereocenters. The van der Waals surface area contributed by atoms with Crippen molar-refractivity contribution in [1.29, 1.82) is 0 Å². The average molecular weight is 389 g/mol. The summed E-state index contributed by atoms with van der Waals surface area (Å²) in [6.45, 7) is 4.82. The predicted octanol–water partition coefficient (Wildman–Crippen LogP) is 4.10. The summed E-state index contributed by atoms with van der Waals surface area (Å²) in [6, 6.07) is 10.4. The third-order valence-electron chi connectivity index (χ3n) is 5.28. The van der Waals surface area contributed by atoms with Crippen molar-refractivity contribution in [2.24, 2.45) is 0 Å². The molecule has 1 N–H and O–H groups in total. The molecule has 0 bridgehead atoms. The van der Waals surface area contributed by atoms with Crippen molar-refractivity contribution in [3.63, 3.8) is 0 Å². The molecule has 1 aliphatic carbocycles. The maximum absolute atomic E-state index is 12.6. The Kier molecular flexibility index (Phi) is 6.60. The highest BCUT2D eigenvalue weighted by Gasteiger charge is 2.19. The summed E-state index contributed by atoms with van der Waals surface area (Å²) in [6.07, 6.45) is 8.31. The molecule has 29 heavy (non-hydrogen) atoms. The molecule has 0 saturated carbocycles. The second kappa shape index (κ2) is 9.32. The number of benzene rings is 1. The summed E-state index contributed by atoms with van der Waals surface area (Å²) in [5.74, 6) is 0.527. The Morgan fingerprint density at radius 2 is 2.10 bits per heavy atom. The molecule has 0 spiro atoms. The Morgan fingerprint density at radius 1 is 1.31 bits per heavy atom. The number of hydrogen-bond donors (Lipinski definition) is 1. The van der Waals surface area contributed by atoms with E-state index in [1.807, 2.05) is 13.1 Å². The van der Waals surface area contributed by atoms with Gasteiger partial charge in [-0.2, -0.15) is 0 Å². The molecule has 150 valence electrons. The van der Waals surface area contributed by atoms with Crippen LogP contribution in [0.2, 0.25) is 0 Å². The first-order valence-corrected chi connectivity index (χ1v) is 9.92. The topological polar surface area (TPSA) is 62.3 Å². The van der Waals surface area contributed by atoms with E-state index in [1.54, 1.807) is 23.2 Å². The fraction of sp³-hybridized carbons (Fsp3) is 0.292. The highest BCUT2D eigenvalue weighted by atomic mass is 16.2. The van der Waals surface area contributed by atoms with E-state index >= 15 is 0 Å². The molecule has 5 nitrogen and oxygen atoms in total. The molecule has 0 saturated heterocycles. The van der Waals surface area contributed by atoms with Crippen molar-refractivity contribution in [3.8, 4) is 0 Å². The fourth-order valence-electron chi connectivity index (χ4n) is 3.69. The minimum absolute atomic E-state index is 0.0478. The Labute approximate surface area is 172 Å². The number of nitrogens with one attached hydrogen (secondary N) is 1. The molecular weight excluding hydrogens is 362 g/mol. The zero-order chi connectivity index (χ0) is 20.8. The van der Waals surface area contributed by atoms with Crippen LogP contribution in [0.4, 0.5) is 5.82 Å². The number of carbonyl (C=O) groups is 2. The average Bonchev–Trinajstić information content (AvgIpc) is 3.03. The molecular formula is C24H27N3O2. The quantitative estimate of drug-likeness (QED) is 0.546. The lowest BCUT2D eigenvalue weighted by Gasteiger charge is -2.17. The van der Waals surface area contributed by atoms with Gasteiger partial charge in [-0.3, -0.25) is 9.59 Å². The number of amides is 2. The normalized spacial score (nSPS) is 12.9. The van der Waals surface area contributed by atoms with Crippen LogP contribution in [0.1, 0.15) is 42.5 Å². The largest absolute Gasteiger partial charge is 0.338 e. The number of aryl methyl sites for hydroxylation is 1. The third-order valence-corrected chi connectivity index (χ3v) is 5.28. The first kappa shape index (κ1) is 20.5. The van der Waals surface area contributed by atoms with E-state index in [-0.39, 0.29) is 5.91 Å². The van der Waals surface area contributed by atoms with Crippen molar-refractivity contribution < 1.29 is 9.59 Å². The van der Waals surface area contributed by atoms with Crippen molar-refractivity contribution >= 4 is 29.8 Å². The Balaban J connectivity index is 1.67. The van der Waals surface area contributed by atoms with E-state index in [0.717, 1.165) is 30.4 Å². The maximum Gasteiger partial charge on any atom is 0.246 e. The number of fused-ring (bicyclic) bond motifs is 1. The lowest BCUT2D eigenvalue weighted by atomic mass is 10.1. The molecule has 2 amide bonds. The van der Waals surface area contributed by atoms with Gasteiger partial charge in [0.1, 0.15) is 5.82 Å². The van der Waals surface area contributed by atoms with Gasteiger partial charge in [0, 0.05) is 25.9 Å². The van der Waals surface area contributed by atoms with E-state index in [9.17, 15) is 9.59 Å². The maximum atomic E-state index is 12.6. The molecule has 3 rings (SSSR count). The van der Waals surface area contributed by atoms with Gasteiger partial charge in [0.05, 0.1) is 0 Å². The van der Waals surface area contributed by atoms with Crippen LogP contribution in [0.3, 0.4) is 0 Å². The fourth-order valence-corrected chi connectivity index (χ4v) is 3.69. The van der Waals surface area contributed by atoms with Gasteiger partial charge in [0.15, 0.2) is 0 Å². The molecule has 0 radical (unpaired) electrons. The van der Waals surface area contributed by atoms with Crippen molar-refractivity contribution in [2.45, 2.75) is 33.1 Å². The third kappa shape index (κ3) is 4.80. The number of nitrogens with zero attached hydrogens (tertiary/aromatic N) is 2. The summed E-state index contributed by atoms with van der Waals surface area (Å²) >= 11 is 0. The van der Waals surface area contributed by atoms with Gasteiger partial charge in [-0.1, -0.05) is 37.6 Å². The number of pyridine rings is 1. The molecule has 0 fully saturated rings. The van der Waals surface area contributed by atoms with Crippen LogP contribution in [0, 0.1) is 0 Å². The van der Waals surface area contributed by atoms with E-state index in [1.165, 1.54) is 22.3 Å². The van der Waals surface area contributed by atoms with E-state index in [2.05, 4.69) is 48.4 Å². The highest BCUT2D eigenvalue weighted by Crippen LogP contribution is 2.32. The predicted molar refractivity (Wildman–Crippen MR) is 117 cm³/mol. The molecule has 2 aromatic rings. The van der Waals surface area contributed by atoms with Gasteiger partial charge < -0.3 is 10.2 Å². The minimum Gasteiger partial charge on any atom is -0.338 e. The van der Waals surface area contributed by atoms with Crippen LogP contribution < -0.4 is 5.32 Å². The number of carbonyl (C=O) groups excluding carboxylic acids is 2. The van der Waals surface area contributed by atoms with E-state index < -0.39 is 0 Å². The number of likely N-dealkylation sites (N-methyl/N-ethyl adjacent to an activating group) is 1. The number of hydrogen-bond acceptors (Lipinski definition) is 3. The molecule has 1 aromatic carbocycles. The summed E-state index contributed by atoms with van der Waals surface area (Å²) in [4.78, 5) is 29.4. The van der Waals surface area contributed by atoms with Crippen LogP contribution in [0.25, 0.3) is 11.6 Å². The minimum atomic E-state index is -0.0478. The highest BCUT2D eigenvalue weighted by molar-refractivity contribution is 5.92. The molecule has 1 aliphatic rings. The van der Waals surface area contributed by atoms with Crippen LogP contribution >= 0.6 is 0 Å². The summed E-state index contributed by atoms with van der Waals surface area (Å²) in [7, 11) is 1.83. The summed E-state index contributed by atoms with van der Waals surface area (Å²) < 4.78 is 0. The Bertz CT molecular complexity index is 976. The van der Waals surface area contributed by atoms with Gasteiger partial charge in [-0.15, -0.1) is 0 Å². The number of rotatable bonds is 8. The SMILES string of the molecule is CCCc1cc(/C=C/C(=O)N(C)CC2=C(C)c3ccccc3C2)cnc1NC=O. The lowest BCUT2D eigenvalue weighted by Crippen LogP contribution is -2.27. The zero-order valence-electron chi connectivity index (χ0n) is 17.2. The first-order valence-electron chi connectivity index (χ1n) is 9.92. The molecule has 0 atom stereocenters. The van der Waals surface area contributed by atoms with Crippen LogP contribution in [0.5, 0.6) is 0 Å². The second-order valence-corrected chi connectivity index (χ2v) is 7.38. The monoisotopic (exact) mass is 389 g/mol. The van der Waals surface area contributed by atoms with Gasteiger partial charge in [-0.25, -0.2) is 4.98 Å². The van der Waals surface area contributed by atoms with E-state index in [4.69, 9.17) is 0 Å². The Morgan fingerprint density at radius 3 is 2.83 bits per heavy atom. The van der Waals surface area contributed by atoms with Crippen LogP contribution in [-0.2, 0) is 22.4 Å². The van der Waals surface area contributed by atoms with Crippen LogP contribution in [-0.4, -0.2) is 35.8 Å². The van der Waals surface area contributed by atoms with Crippen molar-refractivity contribution in [2.75, 3.05) is 18.9 Å². The first-order chi connectivity index (χ1) is 14.0. The van der Waals surface area contributed by atoms with Gasteiger partial charge in [0.25, 0.3) is 0 Å². The van der Waals surface area contributed by atoms with E-state index in [0.29, 0.717) is 18.8 Å². The van der Waals surface area contributed by atoms with Gasteiger partial charge in [0.2, 0.25) is 12.3 Å². The number of aromatic nitrogens is 1. The standard InChI is InChI=1S/C24H27N3O2/c1-4-7-20-12-18(14-25-24(20)26-16-28)10-11-23(29)27(3)15-21-13-19-8-5-6-9-22(19)17(21)2/h5-6,8-12,14,16H,4,7,13,15H2,1-3H3,(H,25,26,28)/b11-10+. The molecule has 1 aromatic heterocycles. The second-order valence-electron chi connectivity index (χ2n) is 7.38. The van der Waals surface area contributed by atoms with Crippen LogP contribution in [0.15, 0.2) is 48.2 Å². The smallest absolute Gasteiger partial charge is 0.246 e. The van der Waals surface area contributed by atoms with Gasteiger partial charge in [-0.05, 0) is 65.3 Å². The van der Waals surface area contributed by atoms with Gasteiger partial charge >= 0.3 is 0 Å². The summed E-state index contributed by atoms with van der Waals surface area (Å²) in [5, 5.41) is 2.63. The zero-order valence-corrected chi connectivity index (χ0v) is 17.2. The Hall–Kier alpha value is -3.21. The molecule has 5 heteroatoms.